The fraction of sp³-hybridized carbons (Fsp3) is 0.455. The normalized spacial score (nSPS) is 20.9. The molecule has 0 bridgehead atoms. The van der Waals surface area contributed by atoms with Crippen molar-refractivity contribution in [3.05, 3.63) is 30.1 Å². The molecule has 0 aromatic carbocycles. The molecular weight excluding hydrogens is 192 g/mol. The lowest BCUT2D eigenvalue weighted by Gasteiger charge is -2.22. The van der Waals surface area contributed by atoms with E-state index in [4.69, 9.17) is 4.74 Å². The summed E-state index contributed by atoms with van der Waals surface area (Å²) in [6.07, 6.45) is 5.17. The molecule has 2 heterocycles. The summed E-state index contributed by atoms with van der Waals surface area (Å²) in [7, 11) is 0. The van der Waals surface area contributed by atoms with Crippen molar-refractivity contribution in [1.29, 1.82) is 0 Å². The smallest absolute Gasteiger partial charge is 0.340 e. The lowest BCUT2D eigenvalue weighted by Crippen LogP contribution is -2.36. The molecular formula is C11H14N2O2. The van der Waals surface area contributed by atoms with Crippen LogP contribution in [-0.4, -0.2) is 30.1 Å². The molecule has 2 rings (SSSR count). The molecule has 4 heteroatoms. The van der Waals surface area contributed by atoms with Crippen molar-refractivity contribution in [1.82, 2.24) is 10.3 Å². The van der Waals surface area contributed by atoms with Gasteiger partial charge in [0.1, 0.15) is 6.10 Å². The second-order valence-electron chi connectivity index (χ2n) is 3.62. The minimum atomic E-state index is -0.281. The zero-order valence-corrected chi connectivity index (χ0v) is 8.48. The van der Waals surface area contributed by atoms with Crippen LogP contribution in [0.5, 0.6) is 0 Å². The van der Waals surface area contributed by atoms with Gasteiger partial charge in [-0.25, -0.2) is 4.79 Å². The van der Waals surface area contributed by atoms with Gasteiger partial charge in [-0.05, 0) is 31.5 Å². The first-order chi connectivity index (χ1) is 7.36. The molecule has 1 fully saturated rings. The van der Waals surface area contributed by atoms with E-state index in [0.29, 0.717) is 5.56 Å². The van der Waals surface area contributed by atoms with Gasteiger partial charge in [0.2, 0.25) is 0 Å². The average molecular weight is 206 g/mol. The Morgan fingerprint density at radius 2 is 2.53 bits per heavy atom. The number of nitrogens with zero attached hydrogens (tertiary/aromatic N) is 1. The van der Waals surface area contributed by atoms with Crippen molar-refractivity contribution in [3.63, 3.8) is 0 Å². The summed E-state index contributed by atoms with van der Waals surface area (Å²) >= 11 is 0. The van der Waals surface area contributed by atoms with Crippen LogP contribution in [0.15, 0.2) is 24.5 Å². The van der Waals surface area contributed by atoms with Crippen LogP contribution < -0.4 is 5.32 Å². The van der Waals surface area contributed by atoms with Crippen molar-refractivity contribution in [2.45, 2.75) is 18.9 Å². The van der Waals surface area contributed by atoms with Crippen LogP contribution in [0.2, 0.25) is 0 Å². The van der Waals surface area contributed by atoms with Gasteiger partial charge in [-0.1, -0.05) is 0 Å². The summed E-state index contributed by atoms with van der Waals surface area (Å²) in [4.78, 5) is 15.5. The maximum absolute atomic E-state index is 11.6. The second kappa shape index (κ2) is 4.89. The molecule has 1 aliphatic rings. The number of hydrogen-bond acceptors (Lipinski definition) is 4. The molecule has 0 saturated carbocycles. The van der Waals surface area contributed by atoms with Crippen molar-refractivity contribution in [2.75, 3.05) is 13.1 Å². The van der Waals surface area contributed by atoms with Gasteiger partial charge in [0.05, 0.1) is 5.56 Å². The van der Waals surface area contributed by atoms with Crippen LogP contribution >= 0.6 is 0 Å². The average Bonchev–Trinajstić information content (AvgIpc) is 2.31. The van der Waals surface area contributed by atoms with Gasteiger partial charge < -0.3 is 10.1 Å². The highest BCUT2D eigenvalue weighted by Gasteiger charge is 2.18. The predicted molar refractivity (Wildman–Crippen MR) is 55.5 cm³/mol. The number of carbonyl (C=O) groups is 1. The van der Waals surface area contributed by atoms with E-state index in [2.05, 4.69) is 10.3 Å². The van der Waals surface area contributed by atoms with Gasteiger partial charge in [0, 0.05) is 18.9 Å². The van der Waals surface area contributed by atoms with Crippen LogP contribution in [0.25, 0.3) is 0 Å². The van der Waals surface area contributed by atoms with Crippen LogP contribution in [0.4, 0.5) is 0 Å². The number of pyridine rings is 1. The largest absolute Gasteiger partial charge is 0.457 e. The number of aromatic nitrogens is 1. The van der Waals surface area contributed by atoms with E-state index in [-0.39, 0.29) is 12.1 Å². The first-order valence-corrected chi connectivity index (χ1v) is 5.18. The number of nitrogens with one attached hydrogen (secondary N) is 1. The molecule has 15 heavy (non-hydrogen) atoms. The van der Waals surface area contributed by atoms with Crippen molar-refractivity contribution in [3.8, 4) is 0 Å². The molecule has 0 radical (unpaired) electrons. The number of ether oxygens (including phenoxy) is 1. The summed E-state index contributed by atoms with van der Waals surface area (Å²) in [6, 6.07) is 3.45. The maximum atomic E-state index is 11.6. The molecule has 0 amide bonds. The highest BCUT2D eigenvalue weighted by atomic mass is 16.5. The molecule has 1 aromatic rings. The summed E-state index contributed by atoms with van der Waals surface area (Å²) in [6.45, 7) is 1.77. The predicted octanol–water partition coefficient (Wildman–Crippen LogP) is 0.990. The Kier molecular flexibility index (Phi) is 3.29. The fourth-order valence-electron chi connectivity index (χ4n) is 1.62. The molecule has 4 nitrogen and oxygen atoms in total. The van der Waals surface area contributed by atoms with E-state index in [1.54, 1.807) is 18.3 Å². The van der Waals surface area contributed by atoms with E-state index in [1.807, 2.05) is 0 Å². The highest BCUT2D eigenvalue weighted by molar-refractivity contribution is 5.89. The molecule has 1 aliphatic heterocycles. The molecule has 1 aromatic heterocycles. The van der Waals surface area contributed by atoms with Crippen LogP contribution in [0, 0.1) is 0 Å². The molecule has 1 N–H and O–H groups in total. The lowest BCUT2D eigenvalue weighted by molar-refractivity contribution is 0.0245. The van der Waals surface area contributed by atoms with E-state index in [9.17, 15) is 4.79 Å². The highest BCUT2D eigenvalue weighted by Crippen LogP contribution is 2.09. The molecule has 1 atom stereocenters. The first-order valence-electron chi connectivity index (χ1n) is 5.18. The summed E-state index contributed by atoms with van der Waals surface area (Å²) in [5.41, 5.74) is 0.517. The van der Waals surface area contributed by atoms with Crippen molar-refractivity contribution < 1.29 is 9.53 Å². The monoisotopic (exact) mass is 206 g/mol. The van der Waals surface area contributed by atoms with Gasteiger partial charge in [-0.3, -0.25) is 4.98 Å². The molecule has 80 valence electrons. The Labute approximate surface area is 88.7 Å². The maximum Gasteiger partial charge on any atom is 0.340 e. The van der Waals surface area contributed by atoms with E-state index >= 15 is 0 Å². The van der Waals surface area contributed by atoms with Gasteiger partial charge in [-0.2, -0.15) is 0 Å². The zero-order chi connectivity index (χ0) is 10.5. The standard InChI is InChI=1S/C11H14N2O2/c14-11(9-3-1-5-12-7-9)15-10-4-2-6-13-8-10/h1,3,5,7,10,13H,2,4,6,8H2/t10-/m1/s1. The van der Waals surface area contributed by atoms with Gasteiger partial charge in [0.25, 0.3) is 0 Å². The van der Waals surface area contributed by atoms with Crippen LogP contribution in [-0.2, 0) is 4.74 Å². The Balaban J connectivity index is 1.91. The van der Waals surface area contributed by atoms with E-state index in [0.717, 1.165) is 25.9 Å². The Hall–Kier alpha value is -1.42. The topological polar surface area (TPSA) is 51.2 Å². The number of carbonyl (C=O) groups excluding carboxylic acids is 1. The van der Waals surface area contributed by atoms with E-state index in [1.165, 1.54) is 6.20 Å². The fourth-order valence-corrected chi connectivity index (χ4v) is 1.62. The molecule has 0 aliphatic carbocycles. The van der Waals surface area contributed by atoms with Crippen molar-refractivity contribution in [2.24, 2.45) is 0 Å². The Morgan fingerprint density at radius 1 is 1.60 bits per heavy atom. The summed E-state index contributed by atoms with van der Waals surface area (Å²) in [5, 5.41) is 3.20. The third-order valence-corrected chi connectivity index (χ3v) is 2.42. The molecule has 0 spiro atoms. The lowest BCUT2D eigenvalue weighted by atomic mass is 10.1. The van der Waals surface area contributed by atoms with Gasteiger partial charge in [-0.15, -0.1) is 0 Å². The summed E-state index contributed by atoms with van der Waals surface area (Å²) in [5.74, 6) is -0.281. The Bertz CT molecular complexity index is 321. The number of piperidine rings is 1. The quantitative estimate of drug-likeness (QED) is 0.733. The number of rotatable bonds is 2. The van der Waals surface area contributed by atoms with Crippen molar-refractivity contribution >= 4 is 5.97 Å². The Morgan fingerprint density at radius 3 is 3.20 bits per heavy atom. The number of hydrogen-bond donors (Lipinski definition) is 1. The van der Waals surface area contributed by atoms with Gasteiger partial charge in [0.15, 0.2) is 0 Å². The number of esters is 1. The van der Waals surface area contributed by atoms with Gasteiger partial charge >= 0.3 is 5.97 Å². The third-order valence-electron chi connectivity index (χ3n) is 2.42. The van der Waals surface area contributed by atoms with Crippen LogP contribution in [0.1, 0.15) is 23.2 Å². The zero-order valence-electron chi connectivity index (χ0n) is 8.48. The SMILES string of the molecule is O=C(O[C@@H]1CCCNC1)c1cccnc1. The molecule has 0 unspecified atom stereocenters. The molecule has 1 saturated heterocycles. The van der Waals surface area contributed by atoms with Crippen LogP contribution in [0.3, 0.4) is 0 Å². The third kappa shape index (κ3) is 2.76. The minimum absolute atomic E-state index is 0.00598. The first kappa shape index (κ1) is 10.1. The minimum Gasteiger partial charge on any atom is -0.457 e. The van der Waals surface area contributed by atoms with E-state index < -0.39 is 0 Å². The second-order valence-corrected chi connectivity index (χ2v) is 3.62. The summed E-state index contributed by atoms with van der Waals surface area (Å²) < 4.78 is 5.34.